The summed E-state index contributed by atoms with van der Waals surface area (Å²) in [5.74, 6) is -0.171. The van der Waals surface area contributed by atoms with Crippen LogP contribution in [0.4, 0.5) is 4.39 Å². The van der Waals surface area contributed by atoms with Crippen LogP contribution in [-0.2, 0) is 0 Å². The lowest BCUT2D eigenvalue weighted by Gasteiger charge is -2.26. The monoisotopic (exact) mass is 370 g/mol. The molecule has 0 aliphatic rings. The van der Waals surface area contributed by atoms with E-state index >= 15 is 0 Å². The molecule has 21 heavy (non-hydrogen) atoms. The second-order valence-corrected chi connectivity index (χ2v) is 7.19. The van der Waals surface area contributed by atoms with E-state index in [1.807, 2.05) is 13.0 Å². The van der Waals surface area contributed by atoms with E-state index in [1.54, 1.807) is 17.4 Å². The number of hydrogen-bond acceptors (Lipinski definition) is 3. The number of likely N-dealkylation sites (N-methyl/N-ethyl adjacent to an activating group) is 1. The molecule has 1 heterocycles. The summed E-state index contributed by atoms with van der Waals surface area (Å²) >= 11 is 5.15. The fourth-order valence-electron chi connectivity index (χ4n) is 2.26. The largest absolute Gasteiger partial charge is 0.308 e. The van der Waals surface area contributed by atoms with Crippen molar-refractivity contribution < 1.29 is 4.39 Å². The fourth-order valence-corrected chi connectivity index (χ4v) is 3.56. The summed E-state index contributed by atoms with van der Waals surface area (Å²) in [6, 6.07) is 9.52. The van der Waals surface area contributed by atoms with E-state index in [2.05, 4.69) is 57.8 Å². The highest BCUT2D eigenvalue weighted by molar-refractivity contribution is 9.10. The summed E-state index contributed by atoms with van der Waals surface area (Å²) in [5.41, 5.74) is 0.688. The van der Waals surface area contributed by atoms with Crippen LogP contribution in [0.25, 0.3) is 0 Å². The standard InChI is InChI=1S/C16H20BrFN2S/c1-11(13-9-12(17)6-7-14(13)18)19-10-15(20(2)3)16-5-4-8-21-16/h4-9,11,15,19H,10H2,1-3H3. The predicted molar refractivity (Wildman–Crippen MR) is 91.3 cm³/mol. The number of nitrogens with zero attached hydrogens (tertiary/aromatic N) is 1. The van der Waals surface area contributed by atoms with Crippen LogP contribution in [-0.4, -0.2) is 25.5 Å². The molecule has 0 saturated heterocycles. The van der Waals surface area contributed by atoms with E-state index in [1.165, 1.54) is 10.9 Å². The van der Waals surface area contributed by atoms with Crippen molar-refractivity contribution in [2.24, 2.45) is 0 Å². The molecule has 1 aromatic heterocycles. The number of thiophene rings is 1. The van der Waals surface area contributed by atoms with Gasteiger partial charge in [0, 0.05) is 27.5 Å². The van der Waals surface area contributed by atoms with Gasteiger partial charge in [-0.05, 0) is 50.7 Å². The van der Waals surface area contributed by atoms with Crippen LogP contribution in [0.15, 0.2) is 40.2 Å². The van der Waals surface area contributed by atoms with E-state index in [0.717, 1.165) is 11.0 Å². The number of halogens is 2. The van der Waals surface area contributed by atoms with Gasteiger partial charge in [0.2, 0.25) is 0 Å². The minimum absolute atomic E-state index is 0.0371. The molecule has 2 rings (SSSR count). The highest BCUT2D eigenvalue weighted by atomic mass is 79.9. The van der Waals surface area contributed by atoms with Gasteiger partial charge in [-0.3, -0.25) is 0 Å². The molecule has 2 nitrogen and oxygen atoms in total. The summed E-state index contributed by atoms with van der Waals surface area (Å²) in [6.45, 7) is 2.77. The minimum atomic E-state index is -0.171. The van der Waals surface area contributed by atoms with Crippen LogP contribution in [0.1, 0.15) is 29.4 Å². The molecule has 0 amide bonds. The van der Waals surface area contributed by atoms with Crippen molar-refractivity contribution in [2.45, 2.75) is 19.0 Å². The van der Waals surface area contributed by atoms with Crippen LogP contribution in [0.5, 0.6) is 0 Å². The Bertz CT molecular complexity index is 572. The fraction of sp³-hybridized carbons (Fsp3) is 0.375. The lowest BCUT2D eigenvalue weighted by Crippen LogP contribution is -2.32. The van der Waals surface area contributed by atoms with Gasteiger partial charge in [-0.15, -0.1) is 11.3 Å². The van der Waals surface area contributed by atoms with Gasteiger partial charge in [0.15, 0.2) is 0 Å². The smallest absolute Gasteiger partial charge is 0.128 e. The van der Waals surface area contributed by atoms with Crippen LogP contribution in [0.2, 0.25) is 0 Å². The Morgan fingerprint density at radius 3 is 2.71 bits per heavy atom. The average Bonchev–Trinajstić information content (AvgIpc) is 2.95. The van der Waals surface area contributed by atoms with Gasteiger partial charge in [-0.25, -0.2) is 4.39 Å². The lowest BCUT2D eigenvalue weighted by molar-refractivity contribution is 0.285. The zero-order chi connectivity index (χ0) is 15.4. The Kier molecular flexibility index (Phi) is 5.93. The maximum Gasteiger partial charge on any atom is 0.128 e. The SMILES string of the molecule is CC(NCC(c1cccs1)N(C)C)c1cc(Br)ccc1F. The molecule has 114 valence electrons. The molecular weight excluding hydrogens is 351 g/mol. The van der Waals surface area contributed by atoms with E-state index in [0.29, 0.717) is 11.6 Å². The topological polar surface area (TPSA) is 15.3 Å². The third-order valence-corrected chi connectivity index (χ3v) is 5.00. The molecule has 0 spiro atoms. The summed E-state index contributed by atoms with van der Waals surface area (Å²) in [6.07, 6.45) is 0. The van der Waals surface area contributed by atoms with E-state index in [9.17, 15) is 4.39 Å². The summed E-state index contributed by atoms with van der Waals surface area (Å²) < 4.78 is 14.8. The third kappa shape index (κ3) is 4.36. The number of hydrogen-bond donors (Lipinski definition) is 1. The van der Waals surface area contributed by atoms with Crippen LogP contribution in [0.3, 0.4) is 0 Å². The van der Waals surface area contributed by atoms with Crippen molar-refractivity contribution in [1.82, 2.24) is 10.2 Å². The summed E-state index contributed by atoms with van der Waals surface area (Å²) in [5, 5.41) is 5.53. The zero-order valence-electron chi connectivity index (χ0n) is 12.4. The van der Waals surface area contributed by atoms with Gasteiger partial charge in [0.1, 0.15) is 5.82 Å². The second-order valence-electron chi connectivity index (χ2n) is 5.29. The van der Waals surface area contributed by atoms with Crippen LogP contribution < -0.4 is 5.32 Å². The Morgan fingerprint density at radius 2 is 2.10 bits per heavy atom. The lowest BCUT2D eigenvalue weighted by atomic mass is 10.1. The minimum Gasteiger partial charge on any atom is -0.308 e. The van der Waals surface area contributed by atoms with Crippen molar-refractivity contribution >= 4 is 27.3 Å². The molecule has 1 aromatic carbocycles. The second kappa shape index (κ2) is 7.49. The molecule has 0 aliphatic carbocycles. The maximum absolute atomic E-state index is 13.9. The Morgan fingerprint density at radius 1 is 1.33 bits per heavy atom. The highest BCUT2D eigenvalue weighted by Crippen LogP contribution is 2.25. The first-order chi connectivity index (χ1) is 9.99. The number of nitrogens with one attached hydrogen (secondary N) is 1. The van der Waals surface area contributed by atoms with Crippen molar-refractivity contribution in [3.05, 3.63) is 56.4 Å². The van der Waals surface area contributed by atoms with Gasteiger partial charge < -0.3 is 10.2 Å². The normalized spacial score (nSPS) is 14.4. The molecule has 5 heteroatoms. The Hall–Kier alpha value is -0.750. The van der Waals surface area contributed by atoms with Gasteiger partial charge in [0.05, 0.1) is 6.04 Å². The average molecular weight is 371 g/mol. The van der Waals surface area contributed by atoms with Crippen molar-refractivity contribution in [2.75, 3.05) is 20.6 Å². The molecular formula is C16H20BrFN2S. The van der Waals surface area contributed by atoms with Crippen LogP contribution in [0, 0.1) is 5.82 Å². The molecule has 0 fully saturated rings. The molecule has 2 unspecified atom stereocenters. The first-order valence-corrected chi connectivity index (χ1v) is 8.54. The third-order valence-electron chi connectivity index (χ3n) is 3.54. The number of rotatable bonds is 6. The molecule has 0 radical (unpaired) electrons. The van der Waals surface area contributed by atoms with Gasteiger partial charge in [0.25, 0.3) is 0 Å². The van der Waals surface area contributed by atoms with E-state index < -0.39 is 0 Å². The van der Waals surface area contributed by atoms with Gasteiger partial charge >= 0.3 is 0 Å². The van der Waals surface area contributed by atoms with Crippen molar-refractivity contribution in [3.63, 3.8) is 0 Å². The molecule has 1 N–H and O–H groups in total. The van der Waals surface area contributed by atoms with Gasteiger partial charge in [-0.2, -0.15) is 0 Å². The van der Waals surface area contributed by atoms with E-state index in [-0.39, 0.29) is 11.9 Å². The molecule has 0 bridgehead atoms. The van der Waals surface area contributed by atoms with Gasteiger partial charge in [-0.1, -0.05) is 22.0 Å². The van der Waals surface area contributed by atoms with E-state index in [4.69, 9.17) is 0 Å². The molecule has 0 saturated carbocycles. The highest BCUT2D eigenvalue weighted by Gasteiger charge is 2.17. The summed E-state index contributed by atoms with van der Waals surface area (Å²) in [7, 11) is 4.13. The molecule has 0 aliphatic heterocycles. The molecule has 2 atom stereocenters. The maximum atomic E-state index is 13.9. The first-order valence-electron chi connectivity index (χ1n) is 6.87. The first kappa shape index (κ1) is 16.6. The van der Waals surface area contributed by atoms with Crippen LogP contribution >= 0.6 is 27.3 Å². The predicted octanol–water partition coefficient (Wildman–Crippen LogP) is 4.60. The van der Waals surface area contributed by atoms with Crippen molar-refractivity contribution in [1.29, 1.82) is 0 Å². The number of benzene rings is 1. The Labute approximate surface area is 138 Å². The summed E-state index contributed by atoms with van der Waals surface area (Å²) in [4.78, 5) is 3.50. The van der Waals surface area contributed by atoms with Crippen molar-refractivity contribution in [3.8, 4) is 0 Å². The quantitative estimate of drug-likeness (QED) is 0.798. The molecule has 2 aromatic rings. The Balaban J connectivity index is 2.05. The zero-order valence-corrected chi connectivity index (χ0v) is 14.8.